The molecule has 0 bridgehead atoms. The summed E-state index contributed by atoms with van der Waals surface area (Å²) in [5, 5.41) is 0. The van der Waals surface area contributed by atoms with Gasteiger partial charge in [0.2, 0.25) is 0 Å². The average molecular weight is 621 g/mol. The molecule has 0 fully saturated rings. The maximum Gasteiger partial charge on any atom is 0.119 e. The van der Waals surface area contributed by atoms with Gasteiger partial charge in [0.15, 0.2) is 0 Å². The van der Waals surface area contributed by atoms with E-state index in [-0.39, 0.29) is 0 Å². The van der Waals surface area contributed by atoms with Crippen molar-refractivity contribution in [3.8, 4) is 5.75 Å². The van der Waals surface area contributed by atoms with Crippen LogP contribution in [0.25, 0.3) is 0 Å². The Morgan fingerprint density at radius 2 is 0.786 bits per heavy atom. The quantitative estimate of drug-likeness (QED) is 0.0749. The fourth-order valence-corrected chi connectivity index (χ4v) is 3.89. The maximum atomic E-state index is 5.76. The molecule has 0 saturated heterocycles. The van der Waals surface area contributed by atoms with Gasteiger partial charge in [0.1, 0.15) is 12.4 Å². The van der Waals surface area contributed by atoms with Crippen molar-refractivity contribution in [3.05, 3.63) is 29.8 Å². The van der Waals surface area contributed by atoms with Gasteiger partial charge in [-0.3, -0.25) is 0 Å². The summed E-state index contributed by atoms with van der Waals surface area (Å²) in [5.74, 6) is 1.39. The number of benzene rings is 1. The molecule has 0 aliphatic rings. The van der Waals surface area contributed by atoms with Crippen molar-refractivity contribution in [2.24, 2.45) is 0 Å². The molecule has 42 heavy (non-hydrogen) atoms. The predicted octanol–water partition coefficient (Wildman–Crippen LogP) is 5.34. The van der Waals surface area contributed by atoms with Gasteiger partial charge >= 0.3 is 0 Å². The van der Waals surface area contributed by atoms with E-state index < -0.39 is 0 Å². The first-order valence-corrected chi connectivity index (χ1v) is 16.3. The van der Waals surface area contributed by atoms with Crippen molar-refractivity contribution in [2.75, 3.05) is 118 Å². The molecule has 0 heterocycles. The third-order valence-corrected chi connectivity index (χ3v) is 6.22. The monoisotopic (exact) mass is 620 g/mol. The lowest BCUT2D eigenvalue weighted by atomic mass is 10.0. The summed E-state index contributed by atoms with van der Waals surface area (Å²) in [5.41, 5.74) is 1.38. The molecule has 246 valence electrons. The fourth-order valence-electron chi connectivity index (χ4n) is 3.78. The highest BCUT2D eigenvalue weighted by atomic mass is 35.5. The predicted molar refractivity (Wildman–Crippen MR) is 166 cm³/mol. The molecule has 0 amide bonds. The summed E-state index contributed by atoms with van der Waals surface area (Å²) < 4.78 is 49.3. The van der Waals surface area contributed by atoms with Crippen LogP contribution in [0.4, 0.5) is 0 Å². The van der Waals surface area contributed by atoms with E-state index in [0.29, 0.717) is 118 Å². The number of hydrogen-bond donors (Lipinski definition) is 0. The summed E-state index contributed by atoms with van der Waals surface area (Å²) in [6.07, 6.45) is 9.11. The highest BCUT2D eigenvalue weighted by Crippen LogP contribution is 2.15. The molecule has 1 rings (SSSR count). The van der Waals surface area contributed by atoms with Gasteiger partial charge in [-0.05, 0) is 30.5 Å². The molecular weight excluding hydrogens is 564 g/mol. The lowest BCUT2D eigenvalue weighted by molar-refractivity contribution is -0.0233. The van der Waals surface area contributed by atoms with Gasteiger partial charge in [0.05, 0.1) is 106 Å². The van der Waals surface area contributed by atoms with Crippen LogP contribution in [-0.2, 0) is 44.3 Å². The van der Waals surface area contributed by atoms with Gasteiger partial charge in [-0.1, -0.05) is 51.2 Å². The molecule has 0 radical (unpaired) electrons. The van der Waals surface area contributed by atoms with Crippen molar-refractivity contribution in [1.82, 2.24) is 0 Å². The molecule has 0 saturated carbocycles. The number of rotatable bonds is 34. The van der Waals surface area contributed by atoms with E-state index in [0.717, 1.165) is 12.2 Å². The summed E-state index contributed by atoms with van der Waals surface area (Å²) in [6.45, 7) is 11.3. The molecule has 0 aliphatic heterocycles. The smallest absolute Gasteiger partial charge is 0.119 e. The number of hydrogen-bond acceptors (Lipinski definition) is 9. The molecule has 0 aromatic heterocycles. The molecule has 0 unspecified atom stereocenters. The lowest BCUT2D eigenvalue weighted by Crippen LogP contribution is -2.15. The van der Waals surface area contributed by atoms with Crippen LogP contribution in [0.1, 0.15) is 51.0 Å². The van der Waals surface area contributed by atoms with Crippen LogP contribution in [-0.4, -0.2) is 118 Å². The summed E-state index contributed by atoms with van der Waals surface area (Å²) in [6, 6.07) is 8.44. The number of aryl methyl sites for hydroxylation is 1. The lowest BCUT2D eigenvalue weighted by Gasteiger charge is -2.09. The third-order valence-electron chi connectivity index (χ3n) is 6.06. The molecular formula is C32H57ClO9. The van der Waals surface area contributed by atoms with E-state index >= 15 is 0 Å². The first kappa shape index (κ1) is 39.0. The minimum Gasteiger partial charge on any atom is -0.491 e. The molecule has 1 aromatic rings. The number of unbranched alkanes of at least 4 members (excludes halogenated alkanes) is 5. The number of alkyl halides is 1. The second kappa shape index (κ2) is 32.9. The maximum absolute atomic E-state index is 5.76. The summed E-state index contributed by atoms with van der Waals surface area (Å²) in [4.78, 5) is 0. The molecule has 0 aliphatic carbocycles. The van der Waals surface area contributed by atoms with E-state index in [2.05, 4.69) is 31.2 Å². The van der Waals surface area contributed by atoms with E-state index in [1.807, 2.05) is 0 Å². The standard InChI is InChI=1S/C32H57ClO9/c1-2-3-4-5-6-7-8-31-9-11-32(12-10-31)42-30-29-41-28-27-40-26-25-39-24-23-38-22-21-37-20-19-36-18-17-35-16-15-34-14-13-33/h9-12H,2-8,13-30H2,1H3. The van der Waals surface area contributed by atoms with Crippen LogP contribution in [0.15, 0.2) is 24.3 Å². The number of ether oxygens (including phenoxy) is 9. The SMILES string of the molecule is CCCCCCCCc1ccc(OCCOCCOCCOCCOCCOCCOCCOCCOCCCl)cc1. The van der Waals surface area contributed by atoms with E-state index in [9.17, 15) is 0 Å². The average Bonchev–Trinajstić information content (AvgIpc) is 3.01. The molecule has 0 N–H and O–H groups in total. The van der Waals surface area contributed by atoms with Crippen molar-refractivity contribution < 1.29 is 42.6 Å². The molecule has 0 spiro atoms. The van der Waals surface area contributed by atoms with Crippen molar-refractivity contribution in [1.29, 1.82) is 0 Å². The third kappa shape index (κ3) is 27.8. The normalized spacial score (nSPS) is 11.4. The van der Waals surface area contributed by atoms with Crippen molar-refractivity contribution in [3.63, 3.8) is 0 Å². The van der Waals surface area contributed by atoms with E-state index in [1.54, 1.807) is 0 Å². The van der Waals surface area contributed by atoms with Crippen LogP contribution in [0.2, 0.25) is 0 Å². The Bertz CT molecular complexity index is 651. The van der Waals surface area contributed by atoms with Gasteiger partial charge < -0.3 is 42.6 Å². The Morgan fingerprint density at radius 3 is 1.19 bits per heavy atom. The van der Waals surface area contributed by atoms with Crippen molar-refractivity contribution in [2.45, 2.75) is 51.9 Å². The Labute approximate surface area is 259 Å². The Hall–Kier alpha value is -1.01. The zero-order valence-electron chi connectivity index (χ0n) is 26.0. The van der Waals surface area contributed by atoms with E-state index in [4.69, 9.17) is 54.2 Å². The highest BCUT2D eigenvalue weighted by molar-refractivity contribution is 6.17. The zero-order valence-corrected chi connectivity index (χ0v) is 26.8. The molecule has 10 heteroatoms. The molecule has 9 nitrogen and oxygen atoms in total. The summed E-state index contributed by atoms with van der Waals surface area (Å²) in [7, 11) is 0. The second-order valence-corrected chi connectivity index (χ2v) is 9.98. The van der Waals surface area contributed by atoms with Crippen LogP contribution in [0.3, 0.4) is 0 Å². The van der Waals surface area contributed by atoms with Crippen molar-refractivity contribution >= 4 is 11.6 Å². The van der Waals surface area contributed by atoms with Gasteiger partial charge in [0, 0.05) is 5.88 Å². The van der Waals surface area contributed by atoms with Gasteiger partial charge in [-0.25, -0.2) is 0 Å². The van der Waals surface area contributed by atoms with Gasteiger partial charge in [0.25, 0.3) is 0 Å². The minimum absolute atomic E-state index is 0.502. The Morgan fingerprint density at radius 1 is 0.429 bits per heavy atom. The van der Waals surface area contributed by atoms with Gasteiger partial charge in [-0.15, -0.1) is 11.6 Å². The minimum atomic E-state index is 0.502. The number of halogens is 1. The van der Waals surface area contributed by atoms with Crippen LogP contribution < -0.4 is 4.74 Å². The van der Waals surface area contributed by atoms with Crippen LogP contribution in [0.5, 0.6) is 5.75 Å². The molecule has 0 atom stereocenters. The largest absolute Gasteiger partial charge is 0.491 e. The van der Waals surface area contributed by atoms with Crippen LogP contribution >= 0.6 is 11.6 Å². The topological polar surface area (TPSA) is 83.1 Å². The van der Waals surface area contributed by atoms with Crippen LogP contribution in [0, 0.1) is 0 Å². The van der Waals surface area contributed by atoms with E-state index in [1.165, 1.54) is 44.1 Å². The highest BCUT2D eigenvalue weighted by Gasteiger charge is 1.99. The van der Waals surface area contributed by atoms with Gasteiger partial charge in [-0.2, -0.15) is 0 Å². The second-order valence-electron chi connectivity index (χ2n) is 9.60. The Balaban J connectivity index is 1.73. The first-order valence-electron chi connectivity index (χ1n) is 15.8. The zero-order chi connectivity index (χ0) is 30.0. The first-order chi connectivity index (χ1) is 20.9. The Kier molecular flexibility index (Phi) is 30.6. The molecule has 1 aromatic carbocycles. The summed E-state index contributed by atoms with van der Waals surface area (Å²) >= 11 is 5.51. The fraction of sp³-hybridized carbons (Fsp3) is 0.812.